The van der Waals surface area contributed by atoms with Gasteiger partial charge in [-0.05, 0) is 51.2 Å². The number of ether oxygens (including phenoxy) is 1. The number of piperidine rings is 1. The van der Waals surface area contributed by atoms with Crippen LogP contribution < -0.4 is 21.3 Å². The molecule has 184 valence electrons. The Hall–Kier alpha value is -3.36. The Morgan fingerprint density at radius 2 is 1.76 bits per heavy atom. The highest BCUT2D eigenvalue weighted by atomic mass is 16.6. The number of nitrogens with zero attached hydrogens (tertiary/aromatic N) is 3. The fourth-order valence-electron chi connectivity index (χ4n) is 3.96. The number of hydrogen-bond donors (Lipinski definition) is 3. The van der Waals surface area contributed by atoms with Gasteiger partial charge in [0.1, 0.15) is 17.2 Å². The van der Waals surface area contributed by atoms with Crippen molar-refractivity contribution in [2.24, 2.45) is 5.92 Å². The zero-order chi connectivity index (χ0) is 24.7. The molecule has 9 nitrogen and oxygen atoms in total. The smallest absolute Gasteiger partial charge is 0.310 e. The van der Waals surface area contributed by atoms with Crippen molar-refractivity contribution in [2.45, 2.75) is 52.1 Å². The number of nitrogens with two attached hydrogens (primary N) is 1. The summed E-state index contributed by atoms with van der Waals surface area (Å²) in [7, 11) is 1.79. The Morgan fingerprint density at radius 1 is 1.12 bits per heavy atom. The summed E-state index contributed by atoms with van der Waals surface area (Å²) in [5, 5.41) is 6.06. The van der Waals surface area contributed by atoms with Crippen molar-refractivity contribution >= 4 is 29.5 Å². The minimum absolute atomic E-state index is 0.00425. The monoisotopic (exact) mass is 468 g/mol. The highest BCUT2D eigenvalue weighted by molar-refractivity contribution is 5.79. The van der Waals surface area contributed by atoms with Gasteiger partial charge in [-0.15, -0.1) is 0 Å². The maximum Gasteiger partial charge on any atom is 0.310 e. The fraction of sp³-hybridized carbons (Fsp3) is 0.520. The van der Waals surface area contributed by atoms with Gasteiger partial charge >= 0.3 is 5.97 Å². The van der Waals surface area contributed by atoms with Gasteiger partial charge in [0.15, 0.2) is 0 Å². The first-order chi connectivity index (χ1) is 16.1. The van der Waals surface area contributed by atoms with Crippen LogP contribution in [-0.2, 0) is 27.2 Å². The summed E-state index contributed by atoms with van der Waals surface area (Å²) in [4.78, 5) is 35.2. The molecule has 1 aromatic heterocycles. The molecular formula is C25H36N6O3. The Labute approximate surface area is 201 Å². The summed E-state index contributed by atoms with van der Waals surface area (Å²) in [5.41, 5.74) is 7.35. The number of nitrogen functional groups attached to an aromatic ring is 1. The van der Waals surface area contributed by atoms with Crippen LogP contribution in [0.3, 0.4) is 0 Å². The van der Waals surface area contributed by atoms with E-state index in [2.05, 4.69) is 25.5 Å². The van der Waals surface area contributed by atoms with E-state index in [0.29, 0.717) is 12.4 Å². The summed E-state index contributed by atoms with van der Waals surface area (Å²) in [6, 6.07) is 9.75. The van der Waals surface area contributed by atoms with E-state index in [4.69, 9.17) is 10.5 Å². The molecule has 1 saturated heterocycles. The topological polar surface area (TPSA) is 122 Å². The molecule has 1 aliphatic heterocycles. The molecule has 0 spiro atoms. The van der Waals surface area contributed by atoms with Gasteiger partial charge in [-0.1, -0.05) is 24.3 Å². The number of carbonyl (C=O) groups is 2. The standard InChI is InChI=1S/C25H36N6O3/c1-25(2,3)34-22(32)15-18-7-5-17(6-8-18)9-12-28-23(33)19-10-13-31(14-11-19)21-16-20(27-4)29-24(26)30-21/h5-8,16,19H,9-15H2,1-4H3,(H,28,33)(H3,26,27,29,30). The normalized spacial score (nSPS) is 14.5. The van der Waals surface area contributed by atoms with Crippen molar-refractivity contribution < 1.29 is 14.3 Å². The maximum atomic E-state index is 12.6. The number of hydrogen-bond acceptors (Lipinski definition) is 8. The molecule has 9 heteroatoms. The molecule has 0 saturated carbocycles. The van der Waals surface area contributed by atoms with Gasteiger partial charge in [-0.2, -0.15) is 9.97 Å². The lowest BCUT2D eigenvalue weighted by Crippen LogP contribution is -2.41. The molecule has 3 rings (SSSR count). The number of esters is 1. The van der Waals surface area contributed by atoms with Gasteiger partial charge in [-0.25, -0.2) is 0 Å². The molecule has 0 unspecified atom stereocenters. The molecule has 1 fully saturated rings. The van der Waals surface area contributed by atoms with Crippen molar-refractivity contribution in [3.63, 3.8) is 0 Å². The number of carbonyl (C=O) groups excluding carboxylic acids is 2. The number of anilines is 3. The molecule has 0 atom stereocenters. The molecule has 0 radical (unpaired) electrons. The molecule has 2 heterocycles. The van der Waals surface area contributed by atoms with Gasteiger partial charge in [0, 0.05) is 38.7 Å². The first-order valence-electron chi connectivity index (χ1n) is 11.8. The summed E-state index contributed by atoms with van der Waals surface area (Å²) in [6.07, 6.45) is 2.53. The largest absolute Gasteiger partial charge is 0.460 e. The second kappa shape index (κ2) is 11.2. The van der Waals surface area contributed by atoms with E-state index in [9.17, 15) is 9.59 Å². The molecule has 1 aliphatic rings. The third-order valence-electron chi connectivity index (χ3n) is 5.68. The van der Waals surface area contributed by atoms with E-state index < -0.39 is 5.60 Å². The van der Waals surface area contributed by atoms with Crippen LogP contribution in [0.2, 0.25) is 0 Å². The Morgan fingerprint density at radius 3 is 2.38 bits per heavy atom. The van der Waals surface area contributed by atoms with Gasteiger partial charge < -0.3 is 26.0 Å². The first kappa shape index (κ1) is 25.3. The zero-order valence-corrected chi connectivity index (χ0v) is 20.6. The fourth-order valence-corrected chi connectivity index (χ4v) is 3.96. The van der Waals surface area contributed by atoms with Crippen LogP contribution in [-0.4, -0.2) is 54.1 Å². The third-order valence-corrected chi connectivity index (χ3v) is 5.68. The van der Waals surface area contributed by atoms with E-state index >= 15 is 0 Å². The lowest BCUT2D eigenvalue weighted by atomic mass is 9.96. The van der Waals surface area contributed by atoms with Crippen LogP contribution in [0.15, 0.2) is 30.3 Å². The minimum Gasteiger partial charge on any atom is -0.460 e. The molecule has 4 N–H and O–H groups in total. The number of amides is 1. The van der Waals surface area contributed by atoms with Crippen LogP contribution in [0.5, 0.6) is 0 Å². The Kier molecular flexibility index (Phi) is 8.31. The summed E-state index contributed by atoms with van der Waals surface area (Å²) in [5.74, 6) is 1.56. The molecule has 0 aliphatic carbocycles. The van der Waals surface area contributed by atoms with Crippen LogP contribution in [0.1, 0.15) is 44.7 Å². The van der Waals surface area contributed by atoms with E-state index in [1.54, 1.807) is 7.05 Å². The lowest BCUT2D eigenvalue weighted by molar-refractivity contribution is -0.153. The van der Waals surface area contributed by atoms with E-state index in [1.165, 1.54) is 0 Å². The summed E-state index contributed by atoms with van der Waals surface area (Å²) < 4.78 is 5.36. The minimum atomic E-state index is -0.480. The van der Waals surface area contributed by atoms with Crippen molar-refractivity contribution in [2.75, 3.05) is 42.6 Å². The molecule has 34 heavy (non-hydrogen) atoms. The predicted molar refractivity (Wildman–Crippen MR) is 134 cm³/mol. The number of aromatic nitrogens is 2. The number of nitrogens with one attached hydrogen (secondary N) is 2. The van der Waals surface area contributed by atoms with Crippen molar-refractivity contribution in [1.82, 2.24) is 15.3 Å². The predicted octanol–water partition coefficient (Wildman–Crippen LogP) is 2.56. The highest BCUT2D eigenvalue weighted by Gasteiger charge is 2.26. The van der Waals surface area contributed by atoms with Gasteiger partial charge in [0.2, 0.25) is 11.9 Å². The molecule has 2 aromatic rings. The Balaban J connectivity index is 1.40. The average molecular weight is 469 g/mol. The lowest BCUT2D eigenvalue weighted by Gasteiger charge is -2.32. The molecule has 0 bridgehead atoms. The molecule has 1 aromatic carbocycles. The van der Waals surface area contributed by atoms with E-state index in [-0.39, 0.29) is 30.2 Å². The van der Waals surface area contributed by atoms with Gasteiger partial charge in [0.25, 0.3) is 0 Å². The maximum absolute atomic E-state index is 12.6. The second-order valence-corrected chi connectivity index (χ2v) is 9.60. The van der Waals surface area contributed by atoms with Gasteiger partial charge in [-0.3, -0.25) is 9.59 Å². The Bertz CT molecular complexity index is 979. The second-order valence-electron chi connectivity index (χ2n) is 9.60. The zero-order valence-electron chi connectivity index (χ0n) is 20.6. The van der Waals surface area contributed by atoms with Crippen molar-refractivity contribution in [3.8, 4) is 0 Å². The van der Waals surface area contributed by atoms with Crippen LogP contribution in [0.4, 0.5) is 17.6 Å². The SMILES string of the molecule is CNc1cc(N2CCC(C(=O)NCCc3ccc(CC(=O)OC(C)(C)C)cc3)CC2)nc(N)n1. The number of benzene rings is 1. The average Bonchev–Trinajstić information content (AvgIpc) is 2.78. The first-order valence-corrected chi connectivity index (χ1v) is 11.8. The van der Waals surface area contributed by atoms with Gasteiger partial charge in [0.05, 0.1) is 6.42 Å². The van der Waals surface area contributed by atoms with Crippen LogP contribution >= 0.6 is 0 Å². The quantitative estimate of drug-likeness (QED) is 0.505. The van der Waals surface area contributed by atoms with Crippen LogP contribution in [0, 0.1) is 5.92 Å². The highest BCUT2D eigenvalue weighted by Crippen LogP contribution is 2.24. The molecule has 1 amide bonds. The van der Waals surface area contributed by atoms with E-state index in [0.717, 1.165) is 49.3 Å². The van der Waals surface area contributed by atoms with E-state index in [1.807, 2.05) is 51.1 Å². The molecular weight excluding hydrogens is 432 g/mol. The van der Waals surface area contributed by atoms with Crippen molar-refractivity contribution in [3.05, 3.63) is 41.5 Å². The number of rotatable bonds is 8. The summed E-state index contributed by atoms with van der Waals surface area (Å²) >= 11 is 0. The third kappa shape index (κ3) is 7.60. The van der Waals surface area contributed by atoms with Crippen molar-refractivity contribution in [1.29, 1.82) is 0 Å². The summed E-state index contributed by atoms with van der Waals surface area (Å²) in [6.45, 7) is 7.66. The van der Waals surface area contributed by atoms with Crippen LogP contribution in [0.25, 0.3) is 0 Å².